The fraction of sp³-hybridized carbons (Fsp3) is 0.318. The van der Waals surface area contributed by atoms with Gasteiger partial charge in [-0.15, -0.1) is 10.2 Å². The Morgan fingerprint density at radius 3 is 2.70 bits per heavy atom. The van der Waals surface area contributed by atoms with Crippen LogP contribution in [0.3, 0.4) is 0 Å². The standard InChI is InChI=1S/C22H25N7O/c1-13-6-7-17(10-14(13)2)19-11-23-22(28(19)5)25-20(30)9-8-18-15(3)21-26-24-12-29(21)27-16(18)4/h6-7,10-12H,8-9H2,1-5H3,(H,23,25,30). The maximum atomic E-state index is 12.6. The van der Waals surface area contributed by atoms with Crippen molar-refractivity contribution in [2.45, 2.75) is 40.5 Å². The van der Waals surface area contributed by atoms with Crippen molar-refractivity contribution in [3.05, 3.63) is 58.7 Å². The van der Waals surface area contributed by atoms with Crippen LogP contribution in [0.2, 0.25) is 0 Å². The number of hydrogen-bond acceptors (Lipinski definition) is 5. The predicted octanol–water partition coefficient (Wildman–Crippen LogP) is 3.33. The first-order chi connectivity index (χ1) is 14.3. The molecule has 0 aliphatic rings. The zero-order valence-corrected chi connectivity index (χ0v) is 17.9. The van der Waals surface area contributed by atoms with Gasteiger partial charge in [-0.1, -0.05) is 12.1 Å². The molecule has 0 radical (unpaired) electrons. The number of amides is 1. The Bertz CT molecular complexity index is 1250. The molecule has 0 unspecified atom stereocenters. The molecule has 3 aromatic heterocycles. The van der Waals surface area contributed by atoms with Gasteiger partial charge >= 0.3 is 0 Å². The van der Waals surface area contributed by atoms with E-state index in [-0.39, 0.29) is 5.91 Å². The Kier molecular flexibility index (Phi) is 5.07. The second-order valence-corrected chi connectivity index (χ2v) is 7.66. The summed E-state index contributed by atoms with van der Waals surface area (Å²) in [4.78, 5) is 17.0. The van der Waals surface area contributed by atoms with E-state index in [1.54, 1.807) is 17.0 Å². The van der Waals surface area contributed by atoms with Gasteiger partial charge in [-0.25, -0.2) is 9.50 Å². The van der Waals surface area contributed by atoms with Crippen molar-refractivity contribution >= 4 is 17.5 Å². The van der Waals surface area contributed by atoms with Crippen LogP contribution in [0.15, 0.2) is 30.7 Å². The number of rotatable bonds is 5. The van der Waals surface area contributed by atoms with Crippen LogP contribution in [-0.2, 0) is 18.3 Å². The van der Waals surface area contributed by atoms with Crippen molar-refractivity contribution in [2.24, 2.45) is 7.05 Å². The van der Waals surface area contributed by atoms with Crippen LogP contribution < -0.4 is 5.32 Å². The van der Waals surface area contributed by atoms with Gasteiger partial charge < -0.3 is 4.57 Å². The minimum Gasteiger partial charge on any atom is -0.313 e. The van der Waals surface area contributed by atoms with Crippen LogP contribution in [0, 0.1) is 27.7 Å². The number of nitrogens with one attached hydrogen (secondary N) is 1. The molecule has 0 saturated carbocycles. The number of carbonyl (C=O) groups is 1. The third kappa shape index (κ3) is 3.56. The van der Waals surface area contributed by atoms with Crippen LogP contribution in [0.1, 0.15) is 34.4 Å². The molecule has 8 heteroatoms. The van der Waals surface area contributed by atoms with E-state index in [9.17, 15) is 4.79 Å². The lowest BCUT2D eigenvalue weighted by Crippen LogP contribution is -2.16. The highest BCUT2D eigenvalue weighted by Crippen LogP contribution is 2.24. The number of aryl methyl sites for hydroxylation is 4. The fourth-order valence-corrected chi connectivity index (χ4v) is 3.67. The zero-order chi connectivity index (χ0) is 21.4. The highest BCUT2D eigenvalue weighted by molar-refractivity contribution is 5.89. The molecular weight excluding hydrogens is 378 g/mol. The summed E-state index contributed by atoms with van der Waals surface area (Å²) in [5.41, 5.74) is 8.14. The lowest BCUT2D eigenvalue weighted by atomic mass is 10.0. The second kappa shape index (κ2) is 7.70. The smallest absolute Gasteiger partial charge is 0.227 e. The molecule has 30 heavy (non-hydrogen) atoms. The summed E-state index contributed by atoms with van der Waals surface area (Å²) in [7, 11) is 1.91. The summed E-state index contributed by atoms with van der Waals surface area (Å²) < 4.78 is 3.57. The predicted molar refractivity (Wildman–Crippen MR) is 115 cm³/mol. The maximum absolute atomic E-state index is 12.6. The molecule has 1 amide bonds. The van der Waals surface area contributed by atoms with E-state index in [1.165, 1.54) is 11.1 Å². The number of hydrogen-bond donors (Lipinski definition) is 1. The molecule has 3 heterocycles. The summed E-state index contributed by atoms with van der Waals surface area (Å²) in [5, 5.41) is 15.4. The lowest BCUT2D eigenvalue weighted by molar-refractivity contribution is -0.116. The first-order valence-electron chi connectivity index (χ1n) is 9.90. The monoisotopic (exact) mass is 403 g/mol. The van der Waals surface area contributed by atoms with Crippen LogP contribution in [0.4, 0.5) is 5.95 Å². The van der Waals surface area contributed by atoms with Gasteiger partial charge in [-0.3, -0.25) is 10.1 Å². The third-order valence-electron chi connectivity index (χ3n) is 5.66. The number of benzene rings is 1. The SMILES string of the molecule is Cc1ccc(-c2cnc(NC(=O)CCc3c(C)nn4cnnc4c3C)n2C)cc1C. The molecule has 8 nitrogen and oxygen atoms in total. The Morgan fingerprint density at radius 1 is 1.13 bits per heavy atom. The number of fused-ring (bicyclic) bond motifs is 1. The summed E-state index contributed by atoms with van der Waals surface area (Å²) in [6.45, 7) is 8.11. The number of nitrogens with zero attached hydrogens (tertiary/aromatic N) is 6. The number of aromatic nitrogens is 6. The van der Waals surface area contributed by atoms with E-state index < -0.39 is 0 Å². The topological polar surface area (TPSA) is 90.0 Å². The van der Waals surface area contributed by atoms with Gasteiger partial charge in [0.25, 0.3) is 0 Å². The minimum atomic E-state index is -0.0875. The van der Waals surface area contributed by atoms with Crippen molar-refractivity contribution < 1.29 is 4.79 Å². The van der Waals surface area contributed by atoms with Gasteiger partial charge in [0.2, 0.25) is 11.9 Å². The summed E-state index contributed by atoms with van der Waals surface area (Å²) in [5.74, 6) is 0.447. The molecular formula is C22H25N7O. The van der Waals surface area contributed by atoms with Crippen LogP contribution in [0.25, 0.3) is 16.9 Å². The Morgan fingerprint density at radius 2 is 1.93 bits per heavy atom. The van der Waals surface area contributed by atoms with Crippen LogP contribution in [-0.4, -0.2) is 35.3 Å². The lowest BCUT2D eigenvalue weighted by Gasteiger charge is -2.11. The van der Waals surface area contributed by atoms with E-state index in [0.29, 0.717) is 18.8 Å². The van der Waals surface area contributed by atoms with Crippen LogP contribution >= 0.6 is 0 Å². The molecule has 4 rings (SSSR count). The van der Waals surface area contributed by atoms with Crippen molar-refractivity contribution in [1.82, 2.24) is 29.4 Å². The van der Waals surface area contributed by atoms with Crippen molar-refractivity contribution in [1.29, 1.82) is 0 Å². The average Bonchev–Trinajstić information content (AvgIpc) is 3.31. The van der Waals surface area contributed by atoms with Gasteiger partial charge in [0.1, 0.15) is 6.33 Å². The van der Waals surface area contributed by atoms with Gasteiger partial charge in [0.15, 0.2) is 5.65 Å². The third-order valence-corrected chi connectivity index (χ3v) is 5.66. The minimum absolute atomic E-state index is 0.0875. The maximum Gasteiger partial charge on any atom is 0.227 e. The number of anilines is 1. The first kappa shape index (κ1) is 19.8. The highest BCUT2D eigenvalue weighted by atomic mass is 16.1. The molecule has 0 spiro atoms. The van der Waals surface area contributed by atoms with Gasteiger partial charge in [0, 0.05) is 24.6 Å². The molecule has 0 aliphatic carbocycles. The fourth-order valence-electron chi connectivity index (χ4n) is 3.67. The normalized spacial score (nSPS) is 11.2. The summed E-state index contributed by atoms with van der Waals surface area (Å²) in [6.07, 6.45) is 4.28. The Hall–Kier alpha value is -3.55. The molecule has 0 bridgehead atoms. The largest absolute Gasteiger partial charge is 0.313 e. The highest BCUT2D eigenvalue weighted by Gasteiger charge is 2.15. The van der Waals surface area contributed by atoms with Gasteiger partial charge in [-0.2, -0.15) is 5.10 Å². The Balaban J connectivity index is 1.47. The first-order valence-corrected chi connectivity index (χ1v) is 9.90. The molecule has 0 aliphatic heterocycles. The van der Waals surface area contributed by atoms with Gasteiger partial charge in [0.05, 0.1) is 17.6 Å². The van der Waals surface area contributed by atoms with E-state index in [4.69, 9.17) is 0 Å². The van der Waals surface area contributed by atoms with Gasteiger partial charge in [-0.05, 0) is 56.9 Å². The molecule has 1 aromatic carbocycles. The molecule has 1 N–H and O–H groups in total. The number of imidazole rings is 1. The van der Waals surface area contributed by atoms with Crippen LogP contribution in [0.5, 0.6) is 0 Å². The second-order valence-electron chi connectivity index (χ2n) is 7.66. The number of carbonyl (C=O) groups excluding carboxylic acids is 1. The summed E-state index contributed by atoms with van der Waals surface area (Å²) >= 11 is 0. The molecule has 0 fully saturated rings. The average molecular weight is 403 g/mol. The van der Waals surface area contributed by atoms with E-state index >= 15 is 0 Å². The molecule has 154 valence electrons. The van der Waals surface area contributed by atoms with Crippen molar-refractivity contribution in [2.75, 3.05) is 5.32 Å². The van der Waals surface area contributed by atoms with E-state index in [2.05, 4.69) is 57.6 Å². The van der Waals surface area contributed by atoms with Crippen molar-refractivity contribution in [3.8, 4) is 11.3 Å². The zero-order valence-electron chi connectivity index (χ0n) is 17.9. The molecule has 4 aromatic rings. The quantitative estimate of drug-likeness (QED) is 0.552. The molecule has 0 saturated heterocycles. The van der Waals surface area contributed by atoms with E-state index in [0.717, 1.165) is 33.7 Å². The summed E-state index contributed by atoms with van der Waals surface area (Å²) in [6, 6.07) is 6.31. The Labute approximate surface area is 175 Å². The van der Waals surface area contributed by atoms with Crippen molar-refractivity contribution in [3.63, 3.8) is 0 Å². The van der Waals surface area contributed by atoms with E-state index in [1.807, 2.05) is 25.5 Å². The molecule has 0 atom stereocenters.